The van der Waals surface area contributed by atoms with Crippen molar-refractivity contribution in [2.45, 2.75) is 0 Å². The molecule has 2 amide bonds. The summed E-state index contributed by atoms with van der Waals surface area (Å²) in [6.45, 7) is 0. The van der Waals surface area contributed by atoms with E-state index in [1.807, 2.05) is 18.2 Å². The van der Waals surface area contributed by atoms with Gasteiger partial charge < -0.3 is 10.0 Å². The van der Waals surface area contributed by atoms with Gasteiger partial charge in [-0.2, -0.15) is 0 Å². The van der Waals surface area contributed by atoms with E-state index < -0.39 is 23.4 Å². The molecule has 0 saturated carbocycles. The Morgan fingerprint density at radius 1 is 1.04 bits per heavy atom. The van der Waals surface area contributed by atoms with Crippen LogP contribution in [0.1, 0.15) is 11.1 Å². The first-order chi connectivity index (χ1) is 12.1. The largest absolute Gasteiger partial charge is 0.324 e. The first kappa shape index (κ1) is 16.9. The van der Waals surface area contributed by atoms with E-state index in [1.165, 1.54) is 11.9 Å². The van der Waals surface area contributed by atoms with E-state index in [2.05, 4.69) is 27.2 Å². The van der Waals surface area contributed by atoms with Crippen LogP contribution in [-0.4, -0.2) is 11.8 Å². The molecule has 0 unspecified atom stereocenters. The second-order valence-electron chi connectivity index (χ2n) is 5.04. The van der Waals surface area contributed by atoms with Crippen molar-refractivity contribution in [3.05, 3.63) is 77.1 Å². The number of carbonyl (C=O) groups excluding carboxylic acids is 1. The van der Waals surface area contributed by atoms with Gasteiger partial charge in [0.05, 0.1) is 0 Å². The van der Waals surface area contributed by atoms with E-state index in [0.717, 1.165) is 17.7 Å². The fourth-order valence-electron chi connectivity index (χ4n) is 2.06. The van der Waals surface area contributed by atoms with Gasteiger partial charge in [0.2, 0.25) is 0 Å². The normalized spacial score (nSPS) is 12.5. The highest BCUT2D eigenvalue weighted by Gasteiger charge is 2.15. The molecular formula is C18H13F2N3OS. The predicted octanol–water partition coefficient (Wildman–Crippen LogP) is 3.58. The van der Waals surface area contributed by atoms with Gasteiger partial charge >= 0.3 is 6.03 Å². The minimum absolute atomic E-state index is 0.182. The Morgan fingerprint density at radius 3 is 2.36 bits per heavy atom. The second kappa shape index (κ2) is 7.73. The average molecular weight is 357 g/mol. The van der Waals surface area contributed by atoms with E-state index in [4.69, 9.17) is 0 Å². The van der Waals surface area contributed by atoms with Gasteiger partial charge in [-0.15, -0.1) is 0 Å². The summed E-state index contributed by atoms with van der Waals surface area (Å²) < 4.78 is 31.1. The van der Waals surface area contributed by atoms with Crippen LogP contribution in [0.4, 0.5) is 19.3 Å². The van der Waals surface area contributed by atoms with Crippen LogP contribution in [0.25, 0.3) is 0 Å². The summed E-state index contributed by atoms with van der Waals surface area (Å²) in [4.78, 5) is 11.8. The number of anilines is 1. The minimum atomic E-state index is -0.893. The van der Waals surface area contributed by atoms with Crippen LogP contribution in [-0.2, 0) is 0 Å². The summed E-state index contributed by atoms with van der Waals surface area (Å²) >= 11 is 1.39. The van der Waals surface area contributed by atoms with Crippen LogP contribution in [0.15, 0.2) is 54.4 Å². The zero-order chi connectivity index (χ0) is 17.6. The van der Waals surface area contributed by atoms with Gasteiger partial charge in [0.25, 0.3) is 0 Å². The lowest BCUT2D eigenvalue weighted by Crippen LogP contribution is -2.31. The number of urea groups is 1. The molecule has 2 aromatic carbocycles. The van der Waals surface area contributed by atoms with Crippen molar-refractivity contribution in [3.8, 4) is 11.8 Å². The summed E-state index contributed by atoms with van der Waals surface area (Å²) in [5.41, 5.74) is 0.399. The lowest BCUT2D eigenvalue weighted by Gasteiger charge is -2.10. The predicted molar refractivity (Wildman–Crippen MR) is 94.6 cm³/mol. The Hall–Kier alpha value is -2.98. The summed E-state index contributed by atoms with van der Waals surface area (Å²) in [5, 5.41) is 4.63. The van der Waals surface area contributed by atoms with Gasteiger partial charge in [-0.05, 0) is 42.3 Å². The maximum Gasteiger partial charge on any atom is 0.324 e. The topological polar surface area (TPSA) is 53.2 Å². The molecule has 0 radical (unpaired) electrons. The molecule has 0 bridgehead atoms. The number of amides is 2. The first-order valence-corrected chi connectivity index (χ1v) is 8.32. The molecule has 0 atom stereocenters. The summed E-state index contributed by atoms with van der Waals surface area (Å²) in [6, 6.07) is 10.5. The van der Waals surface area contributed by atoms with E-state index in [0.29, 0.717) is 11.6 Å². The molecule has 0 fully saturated rings. The highest BCUT2D eigenvalue weighted by Crippen LogP contribution is 2.20. The Labute approximate surface area is 147 Å². The fourth-order valence-corrected chi connectivity index (χ4v) is 2.68. The molecule has 0 aliphatic carbocycles. The maximum absolute atomic E-state index is 14.1. The molecule has 4 nitrogen and oxygen atoms in total. The third-order valence-electron chi connectivity index (χ3n) is 3.21. The number of carbonyl (C=O) groups is 1. The zero-order valence-corrected chi connectivity index (χ0v) is 13.7. The van der Waals surface area contributed by atoms with E-state index in [-0.39, 0.29) is 5.56 Å². The highest BCUT2D eigenvalue weighted by atomic mass is 32.2. The van der Waals surface area contributed by atoms with Crippen LogP contribution in [0.3, 0.4) is 0 Å². The lowest BCUT2D eigenvalue weighted by atomic mass is 10.1. The monoisotopic (exact) mass is 357 g/mol. The van der Waals surface area contributed by atoms with Crippen LogP contribution in [0.5, 0.6) is 0 Å². The fraction of sp³-hybridized carbons (Fsp3) is 0.0556. The summed E-state index contributed by atoms with van der Waals surface area (Å²) in [5.74, 6) is 4.92. The van der Waals surface area contributed by atoms with Crippen molar-refractivity contribution in [2.24, 2.45) is 0 Å². The smallest absolute Gasteiger partial charge is 0.316 e. The van der Waals surface area contributed by atoms with Crippen molar-refractivity contribution in [1.82, 2.24) is 10.0 Å². The third kappa shape index (κ3) is 4.52. The van der Waals surface area contributed by atoms with Crippen molar-refractivity contribution < 1.29 is 13.6 Å². The number of halogens is 2. The molecule has 0 spiro atoms. The SMILES string of the molecule is O=C(NC1=CCSN1)Nc1c(F)cc(C#Cc2ccccc2)cc1F. The van der Waals surface area contributed by atoms with Gasteiger partial charge in [0.1, 0.15) is 11.5 Å². The van der Waals surface area contributed by atoms with E-state index in [1.54, 1.807) is 18.2 Å². The van der Waals surface area contributed by atoms with Crippen molar-refractivity contribution in [3.63, 3.8) is 0 Å². The second-order valence-corrected chi connectivity index (χ2v) is 5.87. The van der Waals surface area contributed by atoms with Crippen LogP contribution in [0, 0.1) is 23.5 Å². The van der Waals surface area contributed by atoms with E-state index >= 15 is 0 Å². The Kier molecular flexibility index (Phi) is 5.21. The standard InChI is InChI=1S/C18H13F2N3OS/c19-14-10-13(7-6-12-4-2-1-3-5-12)11-15(20)17(14)22-18(24)21-16-8-9-25-23-16/h1-5,8,10-11,23H,9H2,(H2,21,22,24). The maximum atomic E-state index is 14.1. The number of hydrogen-bond donors (Lipinski definition) is 3. The van der Waals surface area contributed by atoms with Crippen molar-refractivity contribution >= 4 is 23.7 Å². The third-order valence-corrected chi connectivity index (χ3v) is 3.90. The number of benzene rings is 2. The molecule has 25 heavy (non-hydrogen) atoms. The zero-order valence-electron chi connectivity index (χ0n) is 12.9. The summed E-state index contributed by atoms with van der Waals surface area (Å²) in [7, 11) is 0. The Bertz CT molecular complexity index is 865. The van der Waals surface area contributed by atoms with E-state index in [9.17, 15) is 13.6 Å². The van der Waals surface area contributed by atoms with Gasteiger partial charge in [-0.1, -0.05) is 30.0 Å². The van der Waals surface area contributed by atoms with Crippen LogP contribution < -0.4 is 15.4 Å². The molecule has 0 saturated heterocycles. The molecule has 3 rings (SSSR count). The van der Waals surface area contributed by atoms with Crippen molar-refractivity contribution in [2.75, 3.05) is 11.1 Å². The van der Waals surface area contributed by atoms with Crippen LogP contribution in [0.2, 0.25) is 0 Å². The van der Waals surface area contributed by atoms with Gasteiger partial charge in [0.15, 0.2) is 11.6 Å². The molecule has 1 aliphatic rings. The molecule has 2 aromatic rings. The van der Waals surface area contributed by atoms with Gasteiger partial charge in [0, 0.05) is 16.9 Å². The highest BCUT2D eigenvalue weighted by molar-refractivity contribution is 7.97. The summed E-state index contributed by atoms with van der Waals surface area (Å²) in [6.07, 6.45) is 1.75. The number of rotatable bonds is 2. The molecule has 1 aliphatic heterocycles. The molecule has 0 aromatic heterocycles. The quantitative estimate of drug-likeness (QED) is 0.569. The average Bonchev–Trinajstić information content (AvgIpc) is 3.10. The molecule has 126 valence electrons. The first-order valence-electron chi connectivity index (χ1n) is 7.34. The number of nitrogens with one attached hydrogen (secondary N) is 3. The minimum Gasteiger partial charge on any atom is -0.316 e. The lowest BCUT2D eigenvalue weighted by molar-refractivity contribution is 0.254. The van der Waals surface area contributed by atoms with Crippen LogP contribution >= 0.6 is 11.9 Å². The molecular weight excluding hydrogens is 344 g/mol. The molecule has 7 heteroatoms. The van der Waals surface area contributed by atoms with Gasteiger partial charge in [-0.25, -0.2) is 13.6 Å². The Morgan fingerprint density at radius 2 is 1.72 bits per heavy atom. The molecule has 3 N–H and O–H groups in total. The van der Waals surface area contributed by atoms with Crippen molar-refractivity contribution in [1.29, 1.82) is 0 Å². The molecule has 1 heterocycles. The Balaban J connectivity index is 1.74. The number of hydrogen-bond acceptors (Lipinski definition) is 3. The van der Waals surface area contributed by atoms with Gasteiger partial charge in [-0.3, -0.25) is 5.32 Å².